The van der Waals surface area contributed by atoms with E-state index < -0.39 is 18.1 Å². The number of carboxylic acids is 1. The minimum absolute atomic E-state index is 0.0845. The number of hydrogen-bond donors (Lipinski definition) is 2. The van der Waals surface area contributed by atoms with Crippen molar-refractivity contribution in [3.63, 3.8) is 0 Å². The summed E-state index contributed by atoms with van der Waals surface area (Å²) in [7, 11) is 2.81. The van der Waals surface area contributed by atoms with Crippen molar-refractivity contribution in [1.82, 2.24) is 15.3 Å². The van der Waals surface area contributed by atoms with Gasteiger partial charge in [-0.3, -0.25) is 0 Å². The second-order valence-corrected chi connectivity index (χ2v) is 7.46. The smallest absolute Gasteiger partial charge is 0.407 e. The summed E-state index contributed by atoms with van der Waals surface area (Å²) in [5, 5.41) is 12.0. The highest BCUT2D eigenvalue weighted by Crippen LogP contribution is 2.44. The van der Waals surface area contributed by atoms with Crippen molar-refractivity contribution >= 4 is 12.1 Å². The number of carbonyl (C=O) groups excluding carboxylic acids is 1. The van der Waals surface area contributed by atoms with Gasteiger partial charge >= 0.3 is 18.1 Å². The van der Waals surface area contributed by atoms with Crippen LogP contribution in [0.5, 0.6) is 11.9 Å². The SMILES string of the molecule is COc1ncc(CC(NC(=O)OCC2c3ccccc3-c3ccccc32)C(=O)O)c(OC)n1. The Labute approximate surface area is 190 Å². The fourth-order valence-corrected chi connectivity index (χ4v) is 3.99. The average molecular weight is 449 g/mol. The third-order valence-electron chi connectivity index (χ3n) is 5.54. The van der Waals surface area contributed by atoms with Crippen LogP contribution in [0.3, 0.4) is 0 Å². The van der Waals surface area contributed by atoms with E-state index >= 15 is 0 Å². The van der Waals surface area contributed by atoms with Gasteiger partial charge in [-0.2, -0.15) is 4.98 Å². The van der Waals surface area contributed by atoms with Crippen LogP contribution < -0.4 is 14.8 Å². The molecule has 1 aliphatic carbocycles. The van der Waals surface area contributed by atoms with Crippen LogP contribution in [0.2, 0.25) is 0 Å². The number of benzene rings is 2. The number of aliphatic carboxylic acids is 1. The summed E-state index contributed by atoms with van der Waals surface area (Å²) in [4.78, 5) is 32.3. The average Bonchev–Trinajstić information content (AvgIpc) is 3.16. The van der Waals surface area contributed by atoms with Gasteiger partial charge in [0.1, 0.15) is 12.6 Å². The van der Waals surface area contributed by atoms with Gasteiger partial charge in [0, 0.05) is 24.1 Å². The minimum Gasteiger partial charge on any atom is -0.481 e. The van der Waals surface area contributed by atoms with Gasteiger partial charge in [-0.05, 0) is 22.3 Å². The summed E-state index contributed by atoms with van der Waals surface area (Å²) in [6.07, 6.45) is 0.491. The number of methoxy groups -OCH3 is 2. The van der Waals surface area contributed by atoms with E-state index in [1.54, 1.807) is 0 Å². The lowest BCUT2D eigenvalue weighted by Crippen LogP contribution is -2.43. The summed E-state index contributed by atoms with van der Waals surface area (Å²) in [5.41, 5.74) is 4.77. The number of nitrogens with one attached hydrogen (secondary N) is 1. The molecule has 3 aromatic rings. The maximum absolute atomic E-state index is 12.5. The zero-order chi connectivity index (χ0) is 23.4. The van der Waals surface area contributed by atoms with E-state index in [0.29, 0.717) is 5.56 Å². The molecule has 2 aromatic carbocycles. The quantitative estimate of drug-likeness (QED) is 0.539. The van der Waals surface area contributed by atoms with Crippen molar-refractivity contribution in [3.05, 3.63) is 71.4 Å². The van der Waals surface area contributed by atoms with Crippen LogP contribution in [-0.4, -0.2) is 54.0 Å². The summed E-state index contributed by atoms with van der Waals surface area (Å²) in [6, 6.07) is 14.8. The molecule has 9 heteroatoms. The number of amides is 1. The third kappa shape index (κ3) is 4.57. The van der Waals surface area contributed by atoms with E-state index in [9.17, 15) is 14.7 Å². The number of ether oxygens (including phenoxy) is 3. The summed E-state index contributed by atoms with van der Waals surface area (Å²) in [6.45, 7) is 0.0845. The molecule has 0 bridgehead atoms. The van der Waals surface area contributed by atoms with E-state index in [1.165, 1.54) is 20.4 Å². The molecule has 0 radical (unpaired) electrons. The topological polar surface area (TPSA) is 120 Å². The molecular formula is C24H23N3O6. The van der Waals surface area contributed by atoms with Crippen molar-refractivity contribution in [1.29, 1.82) is 0 Å². The third-order valence-corrected chi connectivity index (χ3v) is 5.54. The molecule has 1 atom stereocenters. The Kier molecular flexibility index (Phi) is 6.39. The molecule has 170 valence electrons. The first-order valence-electron chi connectivity index (χ1n) is 10.3. The number of hydrogen-bond acceptors (Lipinski definition) is 7. The lowest BCUT2D eigenvalue weighted by atomic mass is 9.98. The highest BCUT2D eigenvalue weighted by molar-refractivity contribution is 5.81. The normalized spacial score (nSPS) is 12.9. The molecule has 2 N–H and O–H groups in total. The van der Waals surface area contributed by atoms with Crippen molar-refractivity contribution in [2.24, 2.45) is 0 Å². The molecule has 1 amide bonds. The Morgan fingerprint density at radius 1 is 1.03 bits per heavy atom. The van der Waals surface area contributed by atoms with E-state index in [0.717, 1.165) is 22.3 Å². The minimum atomic E-state index is -1.26. The highest BCUT2D eigenvalue weighted by atomic mass is 16.5. The number of nitrogens with zero attached hydrogens (tertiary/aromatic N) is 2. The first-order valence-corrected chi connectivity index (χ1v) is 10.3. The Morgan fingerprint density at radius 3 is 2.24 bits per heavy atom. The molecule has 0 fully saturated rings. The van der Waals surface area contributed by atoms with Crippen LogP contribution in [0, 0.1) is 0 Å². The highest BCUT2D eigenvalue weighted by Gasteiger charge is 2.30. The van der Waals surface area contributed by atoms with Crippen LogP contribution in [0.15, 0.2) is 54.7 Å². The fraction of sp³-hybridized carbons (Fsp3) is 0.250. The van der Waals surface area contributed by atoms with Gasteiger partial charge in [0.2, 0.25) is 5.88 Å². The molecule has 0 spiro atoms. The molecule has 4 rings (SSSR count). The second-order valence-electron chi connectivity index (χ2n) is 7.46. The zero-order valence-electron chi connectivity index (χ0n) is 18.1. The Morgan fingerprint density at radius 2 is 1.67 bits per heavy atom. The monoisotopic (exact) mass is 449 g/mol. The van der Waals surface area contributed by atoms with Crippen molar-refractivity contribution in [2.75, 3.05) is 20.8 Å². The van der Waals surface area contributed by atoms with Crippen LogP contribution in [0.4, 0.5) is 4.79 Å². The van der Waals surface area contributed by atoms with Gasteiger partial charge in [-0.1, -0.05) is 48.5 Å². The number of carbonyl (C=O) groups is 2. The van der Waals surface area contributed by atoms with Crippen LogP contribution >= 0.6 is 0 Å². The predicted molar refractivity (Wildman–Crippen MR) is 118 cm³/mol. The first-order chi connectivity index (χ1) is 16.0. The number of carboxylic acid groups (broad SMARTS) is 1. The molecule has 1 heterocycles. The summed E-state index contributed by atoms with van der Waals surface area (Å²) >= 11 is 0. The molecule has 1 aromatic heterocycles. The first kappa shape index (κ1) is 22.1. The van der Waals surface area contributed by atoms with Crippen LogP contribution in [-0.2, 0) is 16.0 Å². The molecule has 9 nitrogen and oxygen atoms in total. The van der Waals surface area contributed by atoms with Crippen molar-refractivity contribution in [3.8, 4) is 23.0 Å². The van der Waals surface area contributed by atoms with Gasteiger partial charge in [0.15, 0.2) is 0 Å². The number of fused-ring (bicyclic) bond motifs is 3. The molecule has 1 aliphatic rings. The number of rotatable bonds is 8. The Hall–Kier alpha value is -4.14. The lowest BCUT2D eigenvalue weighted by Gasteiger charge is -2.18. The lowest BCUT2D eigenvalue weighted by molar-refractivity contribution is -0.139. The van der Waals surface area contributed by atoms with Gasteiger partial charge < -0.3 is 24.6 Å². The molecule has 0 saturated carbocycles. The Balaban J connectivity index is 1.44. The summed E-state index contributed by atoms with van der Waals surface area (Å²) in [5.74, 6) is -1.18. The van der Waals surface area contributed by atoms with Gasteiger partial charge in [-0.15, -0.1) is 0 Å². The van der Waals surface area contributed by atoms with E-state index in [1.807, 2.05) is 48.5 Å². The number of aromatic nitrogens is 2. The standard InChI is InChI=1S/C24H23N3O6/c1-31-21-14(12-25-23(27-21)32-2)11-20(22(28)29)26-24(30)33-13-19-17-9-5-3-7-15(17)16-8-4-6-10-18(16)19/h3-10,12,19-20H,11,13H2,1-2H3,(H,26,30)(H,28,29). The van der Waals surface area contributed by atoms with Crippen LogP contribution in [0.25, 0.3) is 11.1 Å². The Bertz CT molecular complexity index is 1140. The predicted octanol–water partition coefficient (Wildman–Crippen LogP) is 3.03. The maximum Gasteiger partial charge on any atom is 0.407 e. The maximum atomic E-state index is 12.5. The van der Waals surface area contributed by atoms with E-state index in [4.69, 9.17) is 14.2 Å². The van der Waals surface area contributed by atoms with E-state index in [-0.39, 0.29) is 30.8 Å². The molecule has 33 heavy (non-hydrogen) atoms. The van der Waals surface area contributed by atoms with Crippen molar-refractivity contribution < 1.29 is 28.9 Å². The van der Waals surface area contributed by atoms with Crippen LogP contribution in [0.1, 0.15) is 22.6 Å². The van der Waals surface area contributed by atoms with Crippen molar-refractivity contribution in [2.45, 2.75) is 18.4 Å². The van der Waals surface area contributed by atoms with Gasteiger partial charge in [0.25, 0.3) is 0 Å². The van der Waals surface area contributed by atoms with Gasteiger partial charge in [0.05, 0.1) is 14.2 Å². The van der Waals surface area contributed by atoms with E-state index in [2.05, 4.69) is 15.3 Å². The molecular weight excluding hydrogens is 426 g/mol. The summed E-state index contributed by atoms with van der Waals surface area (Å²) < 4.78 is 15.6. The number of alkyl carbamates (subject to hydrolysis) is 1. The largest absolute Gasteiger partial charge is 0.481 e. The fourth-order valence-electron chi connectivity index (χ4n) is 3.99. The zero-order valence-corrected chi connectivity index (χ0v) is 18.1. The molecule has 0 aliphatic heterocycles. The second kappa shape index (κ2) is 9.56. The molecule has 1 unspecified atom stereocenters. The van der Waals surface area contributed by atoms with Gasteiger partial charge in [-0.25, -0.2) is 14.6 Å². The molecule has 0 saturated heterocycles.